The highest BCUT2D eigenvalue weighted by molar-refractivity contribution is 9.10. The Kier molecular flexibility index (Phi) is 4.59. The van der Waals surface area contributed by atoms with Crippen molar-refractivity contribution in [1.82, 2.24) is 4.98 Å². The van der Waals surface area contributed by atoms with E-state index in [0.717, 1.165) is 12.5 Å². The number of alkyl halides is 3. The van der Waals surface area contributed by atoms with E-state index >= 15 is 0 Å². The number of aromatic nitrogens is 1. The topological polar surface area (TPSA) is 42.2 Å². The lowest BCUT2D eigenvalue weighted by atomic mass is 9.87. The molecular weight excluding hydrogens is 335 g/mol. The molecular formula is C13H17BrF3N3. The fourth-order valence-electron chi connectivity index (χ4n) is 2.54. The van der Waals surface area contributed by atoms with Gasteiger partial charge < -0.3 is 10.6 Å². The lowest BCUT2D eigenvalue weighted by molar-refractivity contribution is -0.137. The maximum Gasteiger partial charge on any atom is 0.419 e. The maximum atomic E-state index is 13.1. The third-order valence-electron chi connectivity index (χ3n) is 3.85. The zero-order valence-corrected chi connectivity index (χ0v) is 12.7. The van der Waals surface area contributed by atoms with Gasteiger partial charge in [0.05, 0.1) is 5.56 Å². The first-order valence-corrected chi connectivity index (χ1v) is 7.30. The van der Waals surface area contributed by atoms with Crippen LogP contribution < -0.4 is 10.6 Å². The maximum absolute atomic E-state index is 13.1. The highest BCUT2D eigenvalue weighted by Crippen LogP contribution is 2.38. The highest BCUT2D eigenvalue weighted by Gasteiger charge is 2.37. The average Bonchev–Trinajstić information content (AvgIpc) is 2.38. The predicted molar refractivity (Wildman–Crippen MR) is 75.5 cm³/mol. The molecule has 0 radical (unpaired) electrons. The summed E-state index contributed by atoms with van der Waals surface area (Å²) in [5.74, 6) is 0.641. The van der Waals surface area contributed by atoms with Crippen molar-refractivity contribution in [2.75, 3.05) is 24.5 Å². The van der Waals surface area contributed by atoms with Gasteiger partial charge in [-0.25, -0.2) is 4.98 Å². The van der Waals surface area contributed by atoms with Gasteiger partial charge in [-0.2, -0.15) is 13.2 Å². The molecule has 0 aliphatic carbocycles. The standard InChI is InChI=1S/C13H17BrF3N3/c1-8-2-3-20(7-9(8)5-18)12-11(13(15,16)17)4-10(14)6-19-12/h4,6,8-9H,2-3,5,7,18H2,1H3. The minimum absolute atomic E-state index is 0.00560. The number of nitrogens with zero attached hydrogens (tertiary/aromatic N) is 2. The van der Waals surface area contributed by atoms with E-state index in [2.05, 4.69) is 27.8 Å². The van der Waals surface area contributed by atoms with E-state index in [9.17, 15) is 13.2 Å². The molecule has 3 nitrogen and oxygen atoms in total. The second-order valence-electron chi connectivity index (χ2n) is 5.23. The van der Waals surface area contributed by atoms with Crippen LogP contribution in [0.2, 0.25) is 0 Å². The van der Waals surface area contributed by atoms with Crippen LogP contribution in [0.4, 0.5) is 19.0 Å². The second-order valence-corrected chi connectivity index (χ2v) is 6.15. The van der Waals surface area contributed by atoms with Crippen LogP contribution in [0.3, 0.4) is 0 Å². The van der Waals surface area contributed by atoms with Crippen molar-refractivity contribution in [1.29, 1.82) is 0 Å². The van der Waals surface area contributed by atoms with Crippen LogP contribution in [-0.4, -0.2) is 24.6 Å². The van der Waals surface area contributed by atoms with Crippen molar-refractivity contribution in [3.63, 3.8) is 0 Å². The molecule has 0 saturated carbocycles. The molecule has 2 rings (SSSR count). The number of hydrogen-bond acceptors (Lipinski definition) is 3. The Morgan fingerprint density at radius 2 is 2.20 bits per heavy atom. The molecule has 20 heavy (non-hydrogen) atoms. The van der Waals surface area contributed by atoms with E-state index in [1.165, 1.54) is 6.20 Å². The minimum atomic E-state index is -4.41. The van der Waals surface area contributed by atoms with Crippen molar-refractivity contribution in [2.24, 2.45) is 17.6 Å². The lowest BCUT2D eigenvalue weighted by Gasteiger charge is -2.38. The molecule has 0 aromatic carbocycles. The molecule has 0 amide bonds. The van der Waals surface area contributed by atoms with Crippen molar-refractivity contribution < 1.29 is 13.2 Å². The molecule has 0 spiro atoms. The Hall–Kier alpha value is -0.820. The van der Waals surface area contributed by atoms with Gasteiger partial charge in [-0.3, -0.25) is 0 Å². The summed E-state index contributed by atoms with van der Waals surface area (Å²) in [4.78, 5) is 5.68. The summed E-state index contributed by atoms with van der Waals surface area (Å²) in [6.07, 6.45) is -2.18. The van der Waals surface area contributed by atoms with Gasteiger partial charge in [0.1, 0.15) is 5.82 Å². The molecule has 0 bridgehead atoms. The van der Waals surface area contributed by atoms with Crippen molar-refractivity contribution in [3.8, 4) is 0 Å². The van der Waals surface area contributed by atoms with Crippen LogP contribution in [0.15, 0.2) is 16.7 Å². The summed E-state index contributed by atoms with van der Waals surface area (Å²) in [5.41, 5.74) is 5.01. The third-order valence-corrected chi connectivity index (χ3v) is 4.29. The van der Waals surface area contributed by atoms with Crippen LogP contribution in [0, 0.1) is 11.8 Å². The second kappa shape index (κ2) is 5.89. The van der Waals surface area contributed by atoms with E-state index in [1.807, 2.05) is 0 Å². The molecule has 112 valence electrons. The number of pyridine rings is 1. The van der Waals surface area contributed by atoms with Crippen molar-refractivity contribution >= 4 is 21.7 Å². The summed E-state index contributed by atoms with van der Waals surface area (Å²) in [5, 5.41) is 0. The average molecular weight is 352 g/mol. The number of hydrogen-bond donors (Lipinski definition) is 1. The molecule has 2 heterocycles. The molecule has 1 fully saturated rings. The van der Waals surface area contributed by atoms with Gasteiger partial charge >= 0.3 is 6.18 Å². The first kappa shape index (κ1) is 15.6. The number of halogens is 4. The summed E-state index contributed by atoms with van der Waals surface area (Å²) in [6.45, 7) is 3.68. The van der Waals surface area contributed by atoms with Gasteiger partial charge in [0.25, 0.3) is 0 Å². The Bertz CT molecular complexity index is 478. The predicted octanol–water partition coefficient (Wildman–Crippen LogP) is 3.28. The molecule has 2 N–H and O–H groups in total. The molecule has 7 heteroatoms. The molecule has 1 aliphatic rings. The van der Waals surface area contributed by atoms with E-state index in [-0.39, 0.29) is 11.7 Å². The van der Waals surface area contributed by atoms with E-state index in [0.29, 0.717) is 30.0 Å². The van der Waals surface area contributed by atoms with Gasteiger partial charge in [0, 0.05) is 23.8 Å². The summed E-state index contributed by atoms with van der Waals surface area (Å²) in [6, 6.07) is 1.08. The van der Waals surface area contributed by atoms with Gasteiger partial charge in [0.15, 0.2) is 0 Å². The lowest BCUT2D eigenvalue weighted by Crippen LogP contribution is -2.43. The van der Waals surface area contributed by atoms with Gasteiger partial charge in [-0.1, -0.05) is 6.92 Å². The normalized spacial score (nSPS) is 24.0. The van der Waals surface area contributed by atoms with Crippen LogP contribution in [-0.2, 0) is 6.18 Å². The third kappa shape index (κ3) is 3.25. The number of piperidine rings is 1. The molecule has 1 aromatic rings. The van der Waals surface area contributed by atoms with E-state index in [4.69, 9.17) is 5.73 Å². The summed E-state index contributed by atoms with van der Waals surface area (Å²) >= 11 is 3.05. The molecule has 2 unspecified atom stereocenters. The Morgan fingerprint density at radius 1 is 1.50 bits per heavy atom. The number of anilines is 1. The van der Waals surface area contributed by atoms with Gasteiger partial charge in [0.2, 0.25) is 0 Å². The largest absolute Gasteiger partial charge is 0.419 e. The SMILES string of the molecule is CC1CCN(c2ncc(Br)cc2C(F)(F)F)CC1CN. The molecule has 2 atom stereocenters. The zero-order chi connectivity index (χ0) is 14.9. The van der Waals surface area contributed by atoms with Crippen molar-refractivity contribution in [3.05, 3.63) is 22.3 Å². The Balaban J connectivity index is 2.33. The quantitative estimate of drug-likeness (QED) is 0.888. The zero-order valence-electron chi connectivity index (χ0n) is 11.1. The fourth-order valence-corrected chi connectivity index (χ4v) is 2.87. The number of rotatable bonds is 2. The smallest absolute Gasteiger partial charge is 0.356 e. The highest BCUT2D eigenvalue weighted by atomic mass is 79.9. The fraction of sp³-hybridized carbons (Fsp3) is 0.615. The molecule has 1 aromatic heterocycles. The Labute approximate surface area is 124 Å². The Morgan fingerprint density at radius 3 is 2.80 bits per heavy atom. The molecule has 1 saturated heterocycles. The number of nitrogens with two attached hydrogens (primary N) is 1. The summed E-state index contributed by atoms with van der Waals surface area (Å²) < 4.78 is 39.7. The first-order valence-electron chi connectivity index (χ1n) is 6.50. The van der Waals surface area contributed by atoms with E-state index < -0.39 is 11.7 Å². The van der Waals surface area contributed by atoms with Crippen LogP contribution in [0.1, 0.15) is 18.9 Å². The summed E-state index contributed by atoms with van der Waals surface area (Å²) in [7, 11) is 0. The first-order chi connectivity index (χ1) is 9.32. The van der Waals surface area contributed by atoms with Crippen molar-refractivity contribution in [2.45, 2.75) is 19.5 Å². The minimum Gasteiger partial charge on any atom is -0.356 e. The van der Waals surface area contributed by atoms with Gasteiger partial charge in [-0.15, -0.1) is 0 Å². The van der Waals surface area contributed by atoms with E-state index in [1.54, 1.807) is 4.90 Å². The monoisotopic (exact) mass is 351 g/mol. The molecule has 1 aliphatic heterocycles. The van der Waals surface area contributed by atoms with Gasteiger partial charge in [-0.05, 0) is 46.8 Å². The van der Waals surface area contributed by atoms with Crippen LogP contribution in [0.25, 0.3) is 0 Å². The van der Waals surface area contributed by atoms with Crippen LogP contribution in [0.5, 0.6) is 0 Å². The van der Waals surface area contributed by atoms with Crippen LogP contribution >= 0.6 is 15.9 Å².